The van der Waals surface area contributed by atoms with Gasteiger partial charge in [-0.1, -0.05) is 6.07 Å². The second kappa shape index (κ2) is 10.8. The maximum atomic E-state index is 13.2. The number of hydrogen-bond acceptors (Lipinski definition) is 7. The lowest BCUT2D eigenvalue weighted by Crippen LogP contribution is -2.55. The van der Waals surface area contributed by atoms with Gasteiger partial charge in [-0.3, -0.25) is 19.8 Å². The molecule has 0 spiro atoms. The summed E-state index contributed by atoms with van der Waals surface area (Å²) in [6, 6.07) is 11.4. The van der Waals surface area contributed by atoms with Crippen molar-refractivity contribution in [3.8, 4) is 0 Å². The molecule has 12 nitrogen and oxygen atoms in total. The van der Waals surface area contributed by atoms with Gasteiger partial charge in [0.15, 0.2) is 12.2 Å². The number of amides is 3. The van der Waals surface area contributed by atoms with Crippen LogP contribution in [0.4, 0.5) is 11.4 Å². The molecule has 2 saturated heterocycles. The number of benzene rings is 2. The molecule has 0 bridgehead atoms. The molecule has 6 N–H and O–H groups in total. The molecule has 3 amide bonds. The zero-order valence-corrected chi connectivity index (χ0v) is 19.8. The number of carbonyl (C=O) groups excluding carboxylic acids is 3. The number of carbonyl (C=O) groups is 4. The maximum Gasteiger partial charge on any atom is 0.326 e. The minimum Gasteiger partial charge on any atom is -0.480 e. The number of nitrogens with one attached hydrogen (secondary N) is 2. The molecule has 12 heteroatoms. The number of ether oxygens (including phenoxy) is 1. The van der Waals surface area contributed by atoms with Crippen LogP contribution in [0.15, 0.2) is 48.5 Å². The van der Waals surface area contributed by atoms with Crippen LogP contribution in [0.1, 0.15) is 28.8 Å². The minimum absolute atomic E-state index is 0.0411. The highest BCUT2D eigenvalue weighted by molar-refractivity contribution is 6.05. The van der Waals surface area contributed by atoms with Crippen molar-refractivity contribution in [3.05, 3.63) is 59.7 Å². The van der Waals surface area contributed by atoms with E-state index in [2.05, 4.69) is 5.32 Å². The Labute approximate surface area is 212 Å². The van der Waals surface area contributed by atoms with Gasteiger partial charge in [0.2, 0.25) is 0 Å². The molecular formula is C25H27N5O7. The molecule has 4 rings (SSSR count). The summed E-state index contributed by atoms with van der Waals surface area (Å²) in [4.78, 5) is 52.9. The van der Waals surface area contributed by atoms with Crippen LogP contribution in [-0.4, -0.2) is 82.6 Å². The fraction of sp³-hybridized carbons (Fsp3) is 0.320. The molecule has 0 radical (unpaired) electrons. The molecule has 2 aromatic carbocycles. The Morgan fingerprint density at radius 3 is 2.51 bits per heavy atom. The van der Waals surface area contributed by atoms with Crippen molar-refractivity contribution < 1.29 is 34.1 Å². The molecule has 3 atom stereocenters. The number of aliphatic carboxylic acids is 1. The molecule has 2 aromatic rings. The standard InChI is InChI=1S/C25H27N5O7/c26-21(27)14-6-8-16(9-7-14)28-22(32)19(31)20-24(34)29(11-12-37-20)17-4-1-3-15(13-17)23(33)30-10-2-5-18(30)25(35)36/h1,3-4,6-9,13,18-20,31H,2,5,10-12H2,(H3,26,27)(H,28,32)(H,35,36)/t18-,19+,20+/m0/s1. The number of nitrogens with two attached hydrogens (primary N) is 1. The van der Waals surface area contributed by atoms with Crippen molar-refractivity contribution in [2.75, 3.05) is 29.9 Å². The van der Waals surface area contributed by atoms with E-state index in [4.69, 9.17) is 15.9 Å². The summed E-state index contributed by atoms with van der Waals surface area (Å²) >= 11 is 0. The Morgan fingerprint density at radius 2 is 1.84 bits per heavy atom. The van der Waals surface area contributed by atoms with E-state index in [1.807, 2.05) is 0 Å². The Bertz CT molecular complexity index is 1230. The number of anilines is 2. The van der Waals surface area contributed by atoms with E-state index >= 15 is 0 Å². The minimum atomic E-state index is -1.81. The van der Waals surface area contributed by atoms with Crippen LogP contribution in [0.5, 0.6) is 0 Å². The number of morpholine rings is 1. The zero-order valence-electron chi connectivity index (χ0n) is 19.8. The number of aliphatic hydroxyl groups is 1. The van der Waals surface area contributed by atoms with Crippen molar-refractivity contribution in [2.24, 2.45) is 5.73 Å². The average molecular weight is 510 g/mol. The van der Waals surface area contributed by atoms with E-state index in [1.54, 1.807) is 18.2 Å². The van der Waals surface area contributed by atoms with Gasteiger partial charge in [-0.2, -0.15) is 0 Å². The van der Waals surface area contributed by atoms with E-state index in [1.165, 1.54) is 40.1 Å². The molecule has 2 aliphatic heterocycles. The molecule has 0 unspecified atom stereocenters. The van der Waals surface area contributed by atoms with Crippen LogP contribution in [0.2, 0.25) is 0 Å². The smallest absolute Gasteiger partial charge is 0.326 e. The summed E-state index contributed by atoms with van der Waals surface area (Å²) in [5, 5.41) is 29.9. The molecule has 0 aliphatic carbocycles. The summed E-state index contributed by atoms with van der Waals surface area (Å²) in [6.07, 6.45) is -2.31. The molecule has 0 saturated carbocycles. The van der Waals surface area contributed by atoms with E-state index in [9.17, 15) is 29.4 Å². The fourth-order valence-corrected chi connectivity index (χ4v) is 4.41. The number of carboxylic acids is 1. The van der Waals surface area contributed by atoms with Crippen molar-refractivity contribution in [1.82, 2.24) is 4.90 Å². The molecule has 2 aliphatic rings. The molecule has 2 fully saturated rings. The normalized spacial score (nSPS) is 20.4. The van der Waals surface area contributed by atoms with E-state index in [-0.39, 0.29) is 24.6 Å². The first-order chi connectivity index (χ1) is 17.7. The van der Waals surface area contributed by atoms with Gasteiger partial charge in [0.25, 0.3) is 17.7 Å². The fourth-order valence-electron chi connectivity index (χ4n) is 4.41. The number of aliphatic hydroxyl groups excluding tert-OH is 1. The number of nitrogens with zero attached hydrogens (tertiary/aromatic N) is 2. The Hall–Kier alpha value is -4.29. The molecular weight excluding hydrogens is 482 g/mol. The van der Waals surface area contributed by atoms with Crippen molar-refractivity contribution in [3.63, 3.8) is 0 Å². The number of rotatable bonds is 7. The second-order valence-electron chi connectivity index (χ2n) is 8.75. The van der Waals surface area contributed by atoms with Gasteiger partial charge in [-0.25, -0.2) is 4.79 Å². The zero-order chi connectivity index (χ0) is 26.7. The van der Waals surface area contributed by atoms with Crippen LogP contribution in [0.3, 0.4) is 0 Å². The topological polar surface area (TPSA) is 186 Å². The van der Waals surface area contributed by atoms with Crippen molar-refractivity contribution >= 4 is 40.9 Å². The lowest BCUT2D eigenvalue weighted by Gasteiger charge is -2.34. The number of amidine groups is 1. The Morgan fingerprint density at radius 1 is 1.11 bits per heavy atom. The van der Waals surface area contributed by atoms with Gasteiger partial charge in [-0.05, 0) is 55.3 Å². The number of nitrogen functional groups attached to an aromatic ring is 1. The van der Waals surface area contributed by atoms with Gasteiger partial charge in [0.1, 0.15) is 11.9 Å². The average Bonchev–Trinajstić information content (AvgIpc) is 3.39. The lowest BCUT2D eigenvalue weighted by atomic mass is 10.1. The first kappa shape index (κ1) is 25.8. The SMILES string of the molecule is N=C(N)c1ccc(NC(=O)[C@H](O)[C@H]2OCCN(c3cccc(C(=O)N4CCC[C@H]4C(=O)O)c3)C2=O)cc1. The second-order valence-corrected chi connectivity index (χ2v) is 8.75. The molecule has 194 valence electrons. The van der Waals surface area contributed by atoms with E-state index in [0.717, 1.165) is 0 Å². The summed E-state index contributed by atoms with van der Waals surface area (Å²) in [5.41, 5.74) is 6.81. The van der Waals surface area contributed by atoms with Gasteiger partial charge < -0.3 is 35.8 Å². The summed E-state index contributed by atoms with van der Waals surface area (Å²) < 4.78 is 5.43. The van der Waals surface area contributed by atoms with Gasteiger partial charge in [0, 0.05) is 35.6 Å². The third-order valence-corrected chi connectivity index (χ3v) is 6.34. The highest BCUT2D eigenvalue weighted by atomic mass is 16.5. The molecule has 0 aromatic heterocycles. The van der Waals surface area contributed by atoms with Crippen LogP contribution < -0.4 is 16.0 Å². The predicted molar refractivity (Wildman–Crippen MR) is 132 cm³/mol. The highest BCUT2D eigenvalue weighted by Gasteiger charge is 2.40. The number of likely N-dealkylation sites (tertiary alicyclic amines) is 1. The highest BCUT2D eigenvalue weighted by Crippen LogP contribution is 2.25. The largest absolute Gasteiger partial charge is 0.480 e. The first-order valence-electron chi connectivity index (χ1n) is 11.7. The monoisotopic (exact) mass is 509 g/mol. The quantitative estimate of drug-likeness (QED) is 0.262. The summed E-state index contributed by atoms with van der Waals surface area (Å²) in [5.74, 6) is -3.15. The molecule has 2 heterocycles. The Kier molecular flexibility index (Phi) is 7.50. The van der Waals surface area contributed by atoms with Crippen LogP contribution >= 0.6 is 0 Å². The van der Waals surface area contributed by atoms with Crippen LogP contribution in [0.25, 0.3) is 0 Å². The van der Waals surface area contributed by atoms with Crippen LogP contribution in [0, 0.1) is 5.41 Å². The number of carboxylic acid groups (broad SMARTS) is 1. The van der Waals surface area contributed by atoms with Crippen molar-refractivity contribution in [1.29, 1.82) is 5.41 Å². The predicted octanol–water partition coefficient (Wildman–Crippen LogP) is 0.391. The van der Waals surface area contributed by atoms with Crippen molar-refractivity contribution in [2.45, 2.75) is 31.1 Å². The van der Waals surface area contributed by atoms with Gasteiger partial charge in [-0.15, -0.1) is 0 Å². The third-order valence-electron chi connectivity index (χ3n) is 6.34. The van der Waals surface area contributed by atoms with Crippen LogP contribution in [-0.2, 0) is 19.1 Å². The maximum absolute atomic E-state index is 13.2. The third kappa shape index (κ3) is 5.44. The number of hydrogen-bond donors (Lipinski definition) is 5. The lowest BCUT2D eigenvalue weighted by molar-refractivity contribution is -0.150. The Balaban J connectivity index is 1.46. The first-order valence-corrected chi connectivity index (χ1v) is 11.7. The van der Waals surface area contributed by atoms with E-state index in [0.29, 0.717) is 36.3 Å². The van der Waals surface area contributed by atoms with Gasteiger partial charge >= 0.3 is 5.97 Å². The summed E-state index contributed by atoms with van der Waals surface area (Å²) in [6.45, 7) is 0.506. The van der Waals surface area contributed by atoms with E-state index < -0.39 is 41.9 Å². The molecule has 37 heavy (non-hydrogen) atoms. The van der Waals surface area contributed by atoms with Gasteiger partial charge in [0.05, 0.1) is 6.61 Å². The summed E-state index contributed by atoms with van der Waals surface area (Å²) in [7, 11) is 0.